The van der Waals surface area contributed by atoms with Crippen LogP contribution in [-0.2, 0) is 4.79 Å². The van der Waals surface area contributed by atoms with Gasteiger partial charge in [0.15, 0.2) is 0 Å². The van der Waals surface area contributed by atoms with E-state index in [1.54, 1.807) is 18.2 Å². The van der Waals surface area contributed by atoms with E-state index in [0.717, 1.165) is 15.3 Å². The van der Waals surface area contributed by atoms with Crippen LogP contribution in [0, 0.1) is 5.82 Å². The van der Waals surface area contributed by atoms with Crippen LogP contribution in [0.4, 0.5) is 9.39 Å². The van der Waals surface area contributed by atoms with Crippen molar-refractivity contribution in [3.63, 3.8) is 0 Å². The van der Waals surface area contributed by atoms with Gasteiger partial charge in [0.25, 0.3) is 5.91 Å². The van der Waals surface area contributed by atoms with Crippen molar-refractivity contribution >= 4 is 39.9 Å². The number of nitrogens with two attached hydrogens (primary N) is 1. The molecule has 0 fully saturated rings. The van der Waals surface area contributed by atoms with Crippen molar-refractivity contribution in [2.75, 3.05) is 11.1 Å². The number of hydrogen-bond donors (Lipinski definition) is 2. The van der Waals surface area contributed by atoms with Crippen LogP contribution >= 0.6 is 23.1 Å². The van der Waals surface area contributed by atoms with Gasteiger partial charge in [-0.25, -0.2) is 4.39 Å². The van der Waals surface area contributed by atoms with E-state index >= 15 is 0 Å². The summed E-state index contributed by atoms with van der Waals surface area (Å²) in [7, 11) is 0. The maximum Gasteiger partial charge on any atom is 0.251 e. The topological polar surface area (TPSA) is 72.2 Å². The quantitative estimate of drug-likeness (QED) is 0.618. The third kappa shape index (κ3) is 4.50. The lowest BCUT2D eigenvalue weighted by atomic mass is 10.1. The number of anilines is 1. The van der Waals surface area contributed by atoms with Gasteiger partial charge in [0.1, 0.15) is 10.8 Å². The summed E-state index contributed by atoms with van der Waals surface area (Å²) in [6.45, 7) is 0. The van der Waals surface area contributed by atoms with Gasteiger partial charge in [-0.2, -0.15) is 0 Å². The number of halogens is 1. The van der Waals surface area contributed by atoms with Crippen LogP contribution in [-0.4, -0.2) is 17.6 Å². The Kier molecular flexibility index (Phi) is 5.70. The van der Waals surface area contributed by atoms with E-state index in [2.05, 4.69) is 5.32 Å². The average Bonchev–Trinajstić information content (AvgIpc) is 3.06. The summed E-state index contributed by atoms with van der Waals surface area (Å²) in [4.78, 5) is 25.6. The molecule has 2 amide bonds. The molecule has 0 atom stereocenters. The molecule has 3 aromatic rings. The Bertz CT molecular complexity index is 924. The zero-order chi connectivity index (χ0) is 18.5. The molecule has 0 aliphatic heterocycles. The number of primary amides is 1. The highest BCUT2D eigenvalue weighted by molar-refractivity contribution is 8.00. The van der Waals surface area contributed by atoms with Gasteiger partial charge in [0.05, 0.1) is 11.3 Å². The first-order valence-electron chi connectivity index (χ1n) is 7.70. The summed E-state index contributed by atoms with van der Waals surface area (Å²) in [5.41, 5.74) is 6.67. The van der Waals surface area contributed by atoms with Gasteiger partial charge >= 0.3 is 0 Å². The highest BCUT2D eigenvalue weighted by atomic mass is 32.2. The Morgan fingerprint density at radius 2 is 1.77 bits per heavy atom. The first kappa shape index (κ1) is 18.2. The molecule has 0 unspecified atom stereocenters. The van der Waals surface area contributed by atoms with Gasteiger partial charge in [0.2, 0.25) is 5.91 Å². The van der Waals surface area contributed by atoms with Gasteiger partial charge < -0.3 is 11.1 Å². The molecule has 1 heterocycles. The zero-order valence-corrected chi connectivity index (χ0v) is 15.2. The first-order valence-corrected chi connectivity index (χ1v) is 9.50. The van der Waals surface area contributed by atoms with Crippen molar-refractivity contribution in [1.29, 1.82) is 0 Å². The highest BCUT2D eigenvalue weighted by Crippen LogP contribution is 2.35. The number of amides is 2. The van der Waals surface area contributed by atoms with Gasteiger partial charge in [-0.15, -0.1) is 23.1 Å². The van der Waals surface area contributed by atoms with E-state index in [1.807, 2.05) is 30.3 Å². The molecule has 0 spiro atoms. The molecule has 0 saturated heterocycles. The second kappa shape index (κ2) is 8.16. The van der Waals surface area contributed by atoms with Gasteiger partial charge in [-0.3, -0.25) is 9.59 Å². The number of thioether (sulfide) groups is 1. The fourth-order valence-corrected chi connectivity index (χ4v) is 4.04. The minimum absolute atomic E-state index is 0.141. The molecule has 2 aromatic carbocycles. The van der Waals surface area contributed by atoms with E-state index in [1.165, 1.54) is 35.2 Å². The van der Waals surface area contributed by atoms with Gasteiger partial charge in [-0.1, -0.05) is 30.3 Å². The first-order chi connectivity index (χ1) is 12.5. The fraction of sp³-hybridized carbons (Fsp3) is 0.0526. The molecular weight excluding hydrogens is 371 g/mol. The molecular formula is C19H15FN2O2S2. The molecule has 0 aliphatic rings. The standard InChI is InChI=1S/C19H15FN2O2S2/c20-13-6-8-14(9-7-13)25-11-17(23)22-19-15(18(21)24)10-16(26-19)12-4-2-1-3-5-12/h1-10H,11H2,(H2,21,24)(H,22,23). The Labute approximate surface area is 158 Å². The van der Waals surface area contributed by atoms with Crippen molar-refractivity contribution in [3.8, 4) is 10.4 Å². The lowest BCUT2D eigenvalue weighted by molar-refractivity contribution is -0.113. The van der Waals surface area contributed by atoms with E-state index in [9.17, 15) is 14.0 Å². The van der Waals surface area contributed by atoms with Crippen LogP contribution in [0.1, 0.15) is 10.4 Å². The van der Waals surface area contributed by atoms with E-state index < -0.39 is 5.91 Å². The SMILES string of the molecule is NC(=O)c1cc(-c2ccccc2)sc1NC(=O)CSc1ccc(F)cc1. The smallest absolute Gasteiger partial charge is 0.251 e. The summed E-state index contributed by atoms with van der Waals surface area (Å²) < 4.78 is 12.9. The summed E-state index contributed by atoms with van der Waals surface area (Å²) in [5, 5.41) is 3.18. The molecule has 3 N–H and O–H groups in total. The highest BCUT2D eigenvalue weighted by Gasteiger charge is 2.17. The number of thiophene rings is 1. The maximum absolute atomic E-state index is 12.9. The molecule has 0 saturated carbocycles. The lowest BCUT2D eigenvalue weighted by Crippen LogP contribution is -2.17. The van der Waals surface area contributed by atoms with E-state index in [0.29, 0.717) is 5.00 Å². The molecule has 3 rings (SSSR count). The van der Waals surface area contributed by atoms with Crippen LogP contribution in [0.25, 0.3) is 10.4 Å². The summed E-state index contributed by atoms with van der Waals surface area (Å²) >= 11 is 2.58. The minimum Gasteiger partial charge on any atom is -0.366 e. The van der Waals surface area contributed by atoms with Crippen molar-refractivity contribution in [2.45, 2.75) is 4.90 Å². The van der Waals surface area contributed by atoms with E-state index in [4.69, 9.17) is 5.73 Å². The number of hydrogen-bond acceptors (Lipinski definition) is 4. The molecule has 4 nitrogen and oxygen atoms in total. The zero-order valence-electron chi connectivity index (χ0n) is 13.6. The monoisotopic (exact) mass is 386 g/mol. The summed E-state index contributed by atoms with van der Waals surface area (Å²) in [6.07, 6.45) is 0. The van der Waals surface area contributed by atoms with Crippen LogP contribution in [0.15, 0.2) is 65.6 Å². The molecule has 0 radical (unpaired) electrons. The van der Waals surface area contributed by atoms with Gasteiger partial charge in [-0.05, 0) is 35.9 Å². The van der Waals surface area contributed by atoms with Crippen LogP contribution in [0.3, 0.4) is 0 Å². The molecule has 1 aromatic heterocycles. The molecule has 7 heteroatoms. The third-order valence-electron chi connectivity index (χ3n) is 3.49. The van der Waals surface area contributed by atoms with Gasteiger partial charge in [0, 0.05) is 9.77 Å². The number of benzene rings is 2. The predicted molar refractivity (Wildman–Crippen MR) is 104 cm³/mol. The number of rotatable bonds is 6. The Hall–Kier alpha value is -2.64. The van der Waals surface area contributed by atoms with E-state index in [-0.39, 0.29) is 23.0 Å². The predicted octanol–water partition coefficient (Wildman–Crippen LogP) is 4.38. The normalized spacial score (nSPS) is 10.5. The fourth-order valence-electron chi connectivity index (χ4n) is 2.25. The minimum atomic E-state index is -0.593. The third-order valence-corrected chi connectivity index (χ3v) is 5.60. The number of nitrogens with one attached hydrogen (secondary N) is 1. The number of carbonyl (C=O) groups is 2. The molecule has 26 heavy (non-hydrogen) atoms. The van der Waals surface area contributed by atoms with Crippen molar-refractivity contribution in [1.82, 2.24) is 0 Å². The average molecular weight is 386 g/mol. The second-order valence-corrected chi connectivity index (χ2v) is 7.48. The number of carbonyl (C=O) groups excluding carboxylic acids is 2. The van der Waals surface area contributed by atoms with Crippen LogP contribution in [0.2, 0.25) is 0 Å². The van der Waals surface area contributed by atoms with Crippen molar-refractivity contribution in [3.05, 3.63) is 72.0 Å². The maximum atomic E-state index is 12.9. The lowest BCUT2D eigenvalue weighted by Gasteiger charge is -2.04. The molecule has 0 aliphatic carbocycles. The summed E-state index contributed by atoms with van der Waals surface area (Å²) in [5.74, 6) is -1.03. The van der Waals surface area contributed by atoms with Crippen molar-refractivity contribution < 1.29 is 14.0 Å². The summed E-state index contributed by atoms with van der Waals surface area (Å²) in [6, 6.07) is 17.1. The van der Waals surface area contributed by atoms with Crippen LogP contribution < -0.4 is 11.1 Å². The Morgan fingerprint density at radius 3 is 2.42 bits per heavy atom. The molecule has 132 valence electrons. The Balaban J connectivity index is 1.71. The van der Waals surface area contributed by atoms with Crippen molar-refractivity contribution in [2.24, 2.45) is 5.73 Å². The largest absolute Gasteiger partial charge is 0.366 e. The second-order valence-electron chi connectivity index (χ2n) is 5.37. The Morgan fingerprint density at radius 1 is 1.08 bits per heavy atom. The van der Waals surface area contributed by atoms with Crippen LogP contribution in [0.5, 0.6) is 0 Å². The molecule has 0 bridgehead atoms.